The van der Waals surface area contributed by atoms with Crippen LogP contribution in [0.1, 0.15) is 0 Å². The van der Waals surface area contributed by atoms with Crippen LogP contribution in [0.2, 0.25) is 0 Å². The molecule has 0 aromatic carbocycles. The molecule has 0 spiro atoms. The summed E-state index contributed by atoms with van der Waals surface area (Å²) in [4.78, 5) is 19.1. The number of nitrogens with two attached hydrogens (primary N) is 2. The number of nitrogens with zero attached hydrogens (tertiary/aromatic N) is 2. The van der Waals surface area contributed by atoms with Crippen LogP contribution in [0.15, 0.2) is 4.79 Å². The predicted molar refractivity (Wildman–Crippen MR) is 31.5 cm³/mol. The molecule has 6 heteroatoms. The van der Waals surface area contributed by atoms with Crippen LogP contribution in [-0.4, -0.2) is 15.0 Å². The molecular formula is C3H5N5O. The van der Waals surface area contributed by atoms with Gasteiger partial charge < -0.3 is 11.5 Å². The average molecular weight is 130 g/mol. The zero-order valence-electron chi connectivity index (χ0n) is 4.46. The van der Waals surface area contributed by atoms with Crippen molar-refractivity contribution in [1.82, 2.24) is 15.0 Å². The summed E-state index contributed by atoms with van der Waals surface area (Å²) in [6, 6.07) is 0. The third kappa shape index (κ3) is 1.15. The maximum absolute atomic E-state index is 10.3. The van der Waals surface area contributed by atoms with E-state index in [2.05, 4.69) is 15.0 Å². The molecule has 1 heterocycles. The van der Waals surface area contributed by atoms with Crippen LogP contribution in [0.5, 0.6) is 0 Å². The lowest BCUT2D eigenvalue weighted by Gasteiger charge is -1.89. The van der Waals surface area contributed by atoms with E-state index in [1.54, 1.807) is 0 Å². The van der Waals surface area contributed by atoms with Crippen molar-refractivity contribution < 1.29 is 0 Å². The van der Waals surface area contributed by atoms with Crippen molar-refractivity contribution in [3.8, 4) is 0 Å². The number of aromatic nitrogens is 3. The molecule has 0 unspecified atom stereocenters. The van der Waals surface area contributed by atoms with E-state index in [-0.39, 0.29) is 11.9 Å². The maximum Gasteiger partial charge on any atom is 0.350 e. The Balaban J connectivity index is 3.33. The number of nitrogen functional groups attached to an aromatic ring is 2. The maximum atomic E-state index is 10.3. The van der Waals surface area contributed by atoms with Crippen LogP contribution >= 0.6 is 0 Å². The number of anilines is 2. The van der Waals surface area contributed by atoms with Gasteiger partial charge in [-0.1, -0.05) is 0 Å². The second-order valence-electron chi connectivity index (χ2n) is 1.40. The van der Waals surface area contributed by atoms with Gasteiger partial charge in [0.2, 0.25) is 11.9 Å². The molecule has 1 rings (SSSR count). The van der Waals surface area contributed by atoms with Gasteiger partial charge in [-0.05, 0) is 0 Å². The molecule has 9 heavy (non-hydrogen) atoms. The molecular weight excluding hydrogens is 125 g/mol. The Morgan fingerprint density at radius 1 is 1.33 bits per heavy atom. The summed E-state index contributed by atoms with van der Waals surface area (Å²) < 4.78 is 0. The Bertz CT molecular complexity index is 242. The fourth-order valence-electron chi connectivity index (χ4n) is 0.418. The summed E-state index contributed by atoms with van der Waals surface area (Å²) in [7, 11) is 0. The normalized spacial score (nSPS) is 9.33. The molecule has 0 saturated heterocycles. The highest BCUT2D eigenvalue weighted by Gasteiger charge is 1.91. The first-order valence-electron chi connectivity index (χ1n) is 2.18. The SMILES string of the molecule is N[13c]1n[13c](N)[nH][13c](=O)n1. The molecule has 0 aliphatic heterocycles. The van der Waals surface area contributed by atoms with Crippen molar-refractivity contribution in [3.05, 3.63) is 10.5 Å². The van der Waals surface area contributed by atoms with Gasteiger partial charge in [-0.15, -0.1) is 0 Å². The van der Waals surface area contributed by atoms with Gasteiger partial charge in [0, 0.05) is 0 Å². The Kier molecular flexibility index (Phi) is 1.07. The number of rotatable bonds is 0. The van der Waals surface area contributed by atoms with Crippen LogP contribution in [0.25, 0.3) is 0 Å². The molecule has 0 atom stereocenters. The summed E-state index contributed by atoms with van der Waals surface area (Å²) >= 11 is 0. The highest BCUT2D eigenvalue weighted by Crippen LogP contribution is 1.85. The first-order chi connectivity index (χ1) is 4.18. The molecule has 1 aromatic rings. The summed E-state index contributed by atoms with van der Waals surface area (Å²) in [5.74, 6) is -0.135. The highest BCUT2D eigenvalue weighted by molar-refractivity contribution is 5.22. The zero-order chi connectivity index (χ0) is 6.85. The fraction of sp³-hybridized carbons (Fsp3) is 0. The van der Waals surface area contributed by atoms with Crippen molar-refractivity contribution in [3.63, 3.8) is 0 Å². The largest absolute Gasteiger partial charge is 0.369 e. The smallest absolute Gasteiger partial charge is 0.350 e. The van der Waals surface area contributed by atoms with Gasteiger partial charge in [0.25, 0.3) is 0 Å². The third-order valence-corrected chi connectivity index (χ3v) is 0.686. The second-order valence-corrected chi connectivity index (χ2v) is 1.40. The van der Waals surface area contributed by atoms with Crippen LogP contribution in [0, 0.1) is 0 Å². The highest BCUT2D eigenvalue weighted by atomic mass is 16.2. The summed E-state index contributed by atoms with van der Waals surface area (Å²) in [6.45, 7) is 0. The van der Waals surface area contributed by atoms with Gasteiger partial charge in [0.1, 0.15) is 0 Å². The van der Waals surface area contributed by atoms with Crippen LogP contribution in [-0.2, 0) is 0 Å². The predicted octanol–water partition coefficient (Wildman–Crippen LogP) is -1.67. The Labute approximate surface area is 49.9 Å². The minimum Gasteiger partial charge on any atom is -0.369 e. The van der Waals surface area contributed by atoms with E-state index in [1.165, 1.54) is 0 Å². The molecule has 0 aliphatic rings. The molecule has 6 nitrogen and oxygen atoms in total. The molecule has 0 saturated carbocycles. The van der Waals surface area contributed by atoms with Crippen molar-refractivity contribution >= 4 is 11.9 Å². The lowest BCUT2D eigenvalue weighted by molar-refractivity contribution is 1.01. The van der Waals surface area contributed by atoms with Gasteiger partial charge >= 0.3 is 5.69 Å². The van der Waals surface area contributed by atoms with E-state index < -0.39 is 5.69 Å². The van der Waals surface area contributed by atoms with Gasteiger partial charge in [0.05, 0.1) is 0 Å². The first kappa shape index (κ1) is 5.54. The van der Waals surface area contributed by atoms with Gasteiger partial charge in [-0.25, -0.2) is 4.79 Å². The van der Waals surface area contributed by atoms with E-state index in [9.17, 15) is 4.79 Å². The minimum atomic E-state index is -0.583. The van der Waals surface area contributed by atoms with Gasteiger partial charge in [0.15, 0.2) is 0 Å². The van der Waals surface area contributed by atoms with Crippen molar-refractivity contribution in [2.45, 2.75) is 0 Å². The van der Waals surface area contributed by atoms with E-state index in [0.29, 0.717) is 0 Å². The standard InChI is InChI=1S/C3H5N5O/c4-1-6-2(5)8-3(9)7-1/h(H5,4,5,6,7,8,9)/i1+1,2+1,3+1. The molecule has 5 N–H and O–H groups in total. The Morgan fingerprint density at radius 2 is 2.00 bits per heavy atom. The lowest BCUT2D eigenvalue weighted by Crippen LogP contribution is -2.16. The molecule has 48 valence electrons. The molecule has 0 aliphatic carbocycles. The molecule has 0 bridgehead atoms. The van der Waals surface area contributed by atoms with Gasteiger partial charge in [-0.2, -0.15) is 9.97 Å². The summed E-state index contributed by atoms with van der Waals surface area (Å²) in [6.07, 6.45) is 0. The van der Waals surface area contributed by atoms with Crippen molar-refractivity contribution in [1.29, 1.82) is 0 Å². The minimum absolute atomic E-state index is 0.0208. The second kappa shape index (κ2) is 1.73. The van der Waals surface area contributed by atoms with Crippen LogP contribution in [0.4, 0.5) is 11.9 Å². The van der Waals surface area contributed by atoms with Crippen LogP contribution in [0.3, 0.4) is 0 Å². The van der Waals surface area contributed by atoms with Crippen LogP contribution < -0.4 is 17.2 Å². The van der Waals surface area contributed by atoms with E-state index in [4.69, 9.17) is 11.5 Å². The molecule has 0 radical (unpaired) electrons. The third-order valence-electron chi connectivity index (χ3n) is 0.686. The molecule has 1 aromatic heterocycles. The first-order valence-corrected chi connectivity index (χ1v) is 2.18. The quantitative estimate of drug-likeness (QED) is 0.388. The van der Waals surface area contributed by atoms with E-state index in [1.807, 2.05) is 0 Å². The monoisotopic (exact) mass is 130 g/mol. The summed E-state index contributed by atoms with van der Waals surface area (Å²) in [5.41, 5.74) is 9.53. The average Bonchev–Trinajstić information content (AvgIpc) is 1.59. The number of nitrogens with one attached hydrogen (secondary N) is 1. The van der Waals surface area contributed by atoms with E-state index >= 15 is 0 Å². The lowest BCUT2D eigenvalue weighted by atomic mass is 11.6. The number of hydrogen-bond donors (Lipinski definition) is 3. The fourth-order valence-corrected chi connectivity index (χ4v) is 0.418. The molecule has 0 fully saturated rings. The van der Waals surface area contributed by atoms with Gasteiger partial charge in [-0.3, -0.25) is 4.98 Å². The number of hydrogen-bond acceptors (Lipinski definition) is 5. The Hall–Kier alpha value is -1.59. The topological polar surface area (TPSA) is 111 Å². The summed E-state index contributed by atoms with van der Waals surface area (Å²) in [5, 5.41) is 0. The number of H-pyrrole nitrogens is 1. The van der Waals surface area contributed by atoms with Crippen molar-refractivity contribution in [2.75, 3.05) is 11.5 Å². The van der Waals surface area contributed by atoms with Crippen molar-refractivity contribution in [2.24, 2.45) is 0 Å². The zero-order valence-corrected chi connectivity index (χ0v) is 4.46. The Morgan fingerprint density at radius 3 is 2.44 bits per heavy atom. The molecule has 0 amide bonds. The van der Waals surface area contributed by atoms with E-state index in [0.717, 1.165) is 0 Å². The number of aromatic amines is 1.